The quantitative estimate of drug-likeness (QED) is 0.594. The van der Waals surface area contributed by atoms with Crippen LogP contribution in [0.4, 0.5) is 0 Å². The number of ether oxygens (including phenoxy) is 1. The summed E-state index contributed by atoms with van der Waals surface area (Å²) in [6, 6.07) is 2.01. The van der Waals surface area contributed by atoms with Gasteiger partial charge in [-0.05, 0) is 13.0 Å². The fraction of sp³-hybridized carbons (Fsp3) is 0.600. The van der Waals surface area contributed by atoms with Gasteiger partial charge in [0, 0.05) is 20.2 Å². The Bertz CT molecular complexity index is 231. The van der Waals surface area contributed by atoms with Gasteiger partial charge in [-0.3, -0.25) is 4.79 Å². The van der Waals surface area contributed by atoms with Crippen LogP contribution in [0.15, 0.2) is 12.2 Å². The molecular formula is C10H16N2O2. The standard InChI is InChI=1S/C10H16N2O2/c1-3-5-10(13)12(7-4-6-11)8-9-14-2/h3,5H,4,7-9H2,1-2H3. The molecule has 0 unspecified atom stereocenters. The highest BCUT2D eigenvalue weighted by atomic mass is 16.5. The van der Waals surface area contributed by atoms with E-state index in [2.05, 4.69) is 0 Å². The minimum atomic E-state index is -0.0696. The second kappa shape index (κ2) is 8.27. The zero-order valence-electron chi connectivity index (χ0n) is 8.69. The summed E-state index contributed by atoms with van der Waals surface area (Å²) in [7, 11) is 1.59. The van der Waals surface area contributed by atoms with E-state index in [0.717, 1.165) is 0 Å². The van der Waals surface area contributed by atoms with E-state index in [-0.39, 0.29) is 5.91 Å². The summed E-state index contributed by atoms with van der Waals surface area (Å²) in [5.74, 6) is -0.0696. The topological polar surface area (TPSA) is 53.3 Å². The molecule has 0 bridgehead atoms. The zero-order chi connectivity index (χ0) is 10.8. The van der Waals surface area contributed by atoms with Crippen LogP contribution in [0.5, 0.6) is 0 Å². The minimum absolute atomic E-state index is 0.0696. The lowest BCUT2D eigenvalue weighted by Gasteiger charge is -2.19. The largest absolute Gasteiger partial charge is 0.383 e. The molecule has 0 aromatic carbocycles. The van der Waals surface area contributed by atoms with E-state index >= 15 is 0 Å². The SMILES string of the molecule is CC=CC(=O)N(CCC#N)CCOC. The molecule has 0 spiro atoms. The summed E-state index contributed by atoms with van der Waals surface area (Å²) in [4.78, 5) is 13.0. The fourth-order valence-corrected chi connectivity index (χ4v) is 0.967. The summed E-state index contributed by atoms with van der Waals surface area (Å²) in [6.07, 6.45) is 3.54. The van der Waals surface area contributed by atoms with Crippen molar-refractivity contribution in [3.8, 4) is 6.07 Å². The van der Waals surface area contributed by atoms with Crippen molar-refractivity contribution in [2.45, 2.75) is 13.3 Å². The van der Waals surface area contributed by atoms with Gasteiger partial charge in [0.15, 0.2) is 0 Å². The van der Waals surface area contributed by atoms with Crippen LogP contribution in [0.25, 0.3) is 0 Å². The van der Waals surface area contributed by atoms with Crippen molar-refractivity contribution < 1.29 is 9.53 Å². The van der Waals surface area contributed by atoms with Crippen molar-refractivity contribution in [1.29, 1.82) is 5.26 Å². The van der Waals surface area contributed by atoms with E-state index in [4.69, 9.17) is 10.00 Å². The molecule has 78 valence electrons. The summed E-state index contributed by atoms with van der Waals surface area (Å²) in [6.45, 7) is 3.27. The van der Waals surface area contributed by atoms with Gasteiger partial charge >= 0.3 is 0 Å². The highest BCUT2D eigenvalue weighted by molar-refractivity contribution is 5.87. The van der Waals surface area contributed by atoms with Gasteiger partial charge in [-0.2, -0.15) is 5.26 Å². The van der Waals surface area contributed by atoms with Crippen molar-refractivity contribution >= 4 is 5.91 Å². The molecular weight excluding hydrogens is 180 g/mol. The van der Waals surface area contributed by atoms with Crippen LogP contribution in [0.3, 0.4) is 0 Å². The number of rotatable bonds is 6. The number of nitrogens with zero attached hydrogens (tertiary/aromatic N) is 2. The second-order valence-electron chi connectivity index (χ2n) is 2.73. The molecule has 0 saturated carbocycles. The van der Waals surface area contributed by atoms with Crippen LogP contribution in [0.2, 0.25) is 0 Å². The number of allylic oxidation sites excluding steroid dienone is 1. The number of carbonyl (C=O) groups excluding carboxylic acids is 1. The van der Waals surface area contributed by atoms with Gasteiger partial charge in [0.25, 0.3) is 0 Å². The molecule has 0 rings (SSSR count). The van der Waals surface area contributed by atoms with E-state index in [1.54, 1.807) is 25.0 Å². The van der Waals surface area contributed by atoms with Crippen LogP contribution in [0.1, 0.15) is 13.3 Å². The van der Waals surface area contributed by atoms with Gasteiger partial charge in [0.05, 0.1) is 19.1 Å². The number of amides is 1. The monoisotopic (exact) mass is 196 g/mol. The van der Waals surface area contributed by atoms with Gasteiger partial charge < -0.3 is 9.64 Å². The van der Waals surface area contributed by atoms with E-state index < -0.39 is 0 Å². The van der Waals surface area contributed by atoms with E-state index in [9.17, 15) is 4.79 Å². The van der Waals surface area contributed by atoms with Gasteiger partial charge in [0.2, 0.25) is 5.91 Å². The number of nitriles is 1. The average Bonchev–Trinajstić information content (AvgIpc) is 2.18. The summed E-state index contributed by atoms with van der Waals surface area (Å²) >= 11 is 0. The molecule has 0 atom stereocenters. The Morgan fingerprint density at radius 2 is 2.29 bits per heavy atom. The first-order chi connectivity index (χ1) is 6.76. The molecule has 0 aromatic rings. The maximum Gasteiger partial charge on any atom is 0.246 e. The Balaban J connectivity index is 4.09. The average molecular weight is 196 g/mol. The highest BCUT2D eigenvalue weighted by Gasteiger charge is 2.08. The lowest BCUT2D eigenvalue weighted by Crippen LogP contribution is -2.33. The molecule has 0 aromatic heterocycles. The van der Waals surface area contributed by atoms with E-state index in [0.29, 0.717) is 26.1 Å². The number of hydrogen-bond acceptors (Lipinski definition) is 3. The molecule has 0 aliphatic rings. The summed E-state index contributed by atoms with van der Waals surface area (Å²) in [5, 5.41) is 8.42. The molecule has 0 fully saturated rings. The van der Waals surface area contributed by atoms with Crippen LogP contribution in [-0.2, 0) is 9.53 Å². The molecule has 14 heavy (non-hydrogen) atoms. The van der Waals surface area contributed by atoms with Crippen molar-refractivity contribution in [1.82, 2.24) is 4.90 Å². The van der Waals surface area contributed by atoms with Crippen LogP contribution in [-0.4, -0.2) is 37.6 Å². The van der Waals surface area contributed by atoms with E-state index in [1.807, 2.05) is 6.07 Å². The first-order valence-electron chi connectivity index (χ1n) is 4.53. The molecule has 4 nitrogen and oxygen atoms in total. The van der Waals surface area contributed by atoms with Gasteiger partial charge in [-0.1, -0.05) is 6.08 Å². The first-order valence-corrected chi connectivity index (χ1v) is 4.53. The predicted octanol–water partition coefficient (Wildman–Crippen LogP) is 0.951. The van der Waals surface area contributed by atoms with Crippen molar-refractivity contribution in [2.24, 2.45) is 0 Å². The van der Waals surface area contributed by atoms with E-state index in [1.165, 1.54) is 6.08 Å². The Hall–Kier alpha value is -1.34. The second-order valence-corrected chi connectivity index (χ2v) is 2.73. The molecule has 0 N–H and O–H groups in total. The normalized spacial score (nSPS) is 10.1. The molecule has 0 aliphatic heterocycles. The summed E-state index contributed by atoms with van der Waals surface area (Å²) < 4.78 is 4.88. The van der Waals surface area contributed by atoms with Gasteiger partial charge in [0.1, 0.15) is 0 Å². The smallest absolute Gasteiger partial charge is 0.246 e. The Morgan fingerprint density at radius 3 is 2.79 bits per heavy atom. The predicted molar refractivity (Wildman–Crippen MR) is 53.5 cm³/mol. The minimum Gasteiger partial charge on any atom is -0.383 e. The third kappa shape index (κ3) is 5.33. The zero-order valence-corrected chi connectivity index (χ0v) is 8.69. The first kappa shape index (κ1) is 12.7. The number of carbonyl (C=O) groups is 1. The molecule has 0 saturated heterocycles. The molecule has 1 amide bonds. The summed E-state index contributed by atoms with van der Waals surface area (Å²) in [5.41, 5.74) is 0. The maximum absolute atomic E-state index is 11.4. The van der Waals surface area contributed by atoms with Crippen LogP contribution < -0.4 is 0 Å². The third-order valence-corrected chi connectivity index (χ3v) is 1.68. The molecule has 0 aliphatic carbocycles. The Labute approximate surface area is 84.8 Å². The van der Waals surface area contributed by atoms with Gasteiger partial charge in [-0.15, -0.1) is 0 Å². The molecule has 0 radical (unpaired) electrons. The fourth-order valence-electron chi connectivity index (χ4n) is 0.967. The van der Waals surface area contributed by atoms with Crippen molar-refractivity contribution in [3.05, 3.63) is 12.2 Å². The lowest BCUT2D eigenvalue weighted by atomic mass is 10.3. The highest BCUT2D eigenvalue weighted by Crippen LogP contribution is 1.94. The number of hydrogen-bond donors (Lipinski definition) is 0. The maximum atomic E-state index is 11.4. The molecule has 0 heterocycles. The van der Waals surface area contributed by atoms with Crippen LogP contribution in [0, 0.1) is 11.3 Å². The van der Waals surface area contributed by atoms with Gasteiger partial charge in [-0.25, -0.2) is 0 Å². The van der Waals surface area contributed by atoms with Crippen LogP contribution >= 0.6 is 0 Å². The lowest BCUT2D eigenvalue weighted by molar-refractivity contribution is -0.126. The number of methoxy groups -OCH3 is 1. The Morgan fingerprint density at radius 1 is 1.57 bits per heavy atom. The third-order valence-electron chi connectivity index (χ3n) is 1.68. The molecule has 4 heteroatoms. The Kier molecular flexibility index (Phi) is 7.48. The van der Waals surface area contributed by atoms with Crippen molar-refractivity contribution in [3.63, 3.8) is 0 Å². The van der Waals surface area contributed by atoms with Crippen molar-refractivity contribution in [2.75, 3.05) is 26.8 Å².